The summed E-state index contributed by atoms with van der Waals surface area (Å²) in [5.41, 5.74) is 0. The maximum absolute atomic E-state index is 9.44. The van der Waals surface area contributed by atoms with Gasteiger partial charge in [0.2, 0.25) is 0 Å². The van der Waals surface area contributed by atoms with Crippen LogP contribution in [0.4, 0.5) is 0 Å². The quantitative estimate of drug-likeness (QED) is 0.629. The third-order valence-corrected chi connectivity index (χ3v) is 0. The predicted molar refractivity (Wildman–Crippen MR) is 46.9 cm³/mol. The molecule has 0 amide bonds. The molecular weight excluding hydrogens is 304 g/mol. The summed E-state index contributed by atoms with van der Waals surface area (Å²) in [5.74, 6) is 0.167. The van der Waals surface area contributed by atoms with E-state index in [0.29, 0.717) is 0 Å². The molecule has 0 aliphatic carbocycles. The van der Waals surface area contributed by atoms with Crippen molar-refractivity contribution in [2.75, 3.05) is 0 Å². The first-order valence-electron chi connectivity index (χ1n) is 1.86. The second-order valence-corrected chi connectivity index (χ2v) is 7.59. The minimum Gasteiger partial charge on any atom is -0.300 e. The van der Waals surface area contributed by atoms with Crippen molar-refractivity contribution < 1.29 is 4.79 Å². The van der Waals surface area contributed by atoms with Crippen molar-refractivity contribution in [1.29, 1.82) is 0 Å². The molecule has 0 rings (SSSR count). The SMILES string of the molecule is BrC(Br)Br.CC(C)=O. The van der Waals surface area contributed by atoms with E-state index in [4.69, 9.17) is 0 Å². The highest BCUT2D eigenvalue weighted by Gasteiger charge is 1.77. The van der Waals surface area contributed by atoms with Crippen molar-refractivity contribution in [3.05, 3.63) is 0 Å². The van der Waals surface area contributed by atoms with Gasteiger partial charge in [0.05, 0.1) is 0 Å². The van der Waals surface area contributed by atoms with E-state index in [-0.39, 0.29) is 8.43 Å². The van der Waals surface area contributed by atoms with Crippen LogP contribution in [0.15, 0.2) is 0 Å². The molecule has 0 aromatic heterocycles. The van der Waals surface area contributed by atoms with Gasteiger partial charge in [-0.25, -0.2) is 0 Å². The Balaban J connectivity index is 0. The van der Waals surface area contributed by atoms with Gasteiger partial charge in [0, 0.05) is 0 Å². The maximum atomic E-state index is 9.44. The van der Waals surface area contributed by atoms with Crippen molar-refractivity contribution in [1.82, 2.24) is 0 Å². The van der Waals surface area contributed by atoms with Crippen LogP contribution in [-0.4, -0.2) is 8.43 Å². The van der Waals surface area contributed by atoms with E-state index in [0.717, 1.165) is 0 Å². The Bertz CT molecular complexity index is 55.5. The van der Waals surface area contributed by atoms with Crippen LogP contribution in [0.3, 0.4) is 0 Å². The lowest BCUT2D eigenvalue weighted by atomic mass is 10.6. The Morgan fingerprint density at radius 3 is 1.25 bits per heavy atom. The highest BCUT2D eigenvalue weighted by atomic mass is 80.0. The first-order chi connectivity index (χ1) is 3.46. The first kappa shape index (κ1) is 11.9. The van der Waals surface area contributed by atoms with Crippen molar-refractivity contribution in [3.63, 3.8) is 0 Å². The van der Waals surface area contributed by atoms with Gasteiger partial charge in [0.1, 0.15) is 8.43 Å². The third kappa shape index (κ3) is 215. The number of hydrogen-bond acceptors (Lipinski definition) is 1. The zero-order valence-electron chi connectivity index (χ0n) is 4.62. The third-order valence-electron chi connectivity index (χ3n) is 0. The van der Waals surface area contributed by atoms with Crippen molar-refractivity contribution in [3.8, 4) is 0 Å². The molecule has 0 radical (unpaired) electrons. The van der Waals surface area contributed by atoms with E-state index in [1.165, 1.54) is 13.8 Å². The lowest BCUT2D eigenvalue weighted by Crippen LogP contribution is -1.69. The number of rotatable bonds is 0. The van der Waals surface area contributed by atoms with E-state index >= 15 is 0 Å². The number of halogens is 3. The molecule has 0 heterocycles. The van der Waals surface area contributed by atoms with Gasteiger partial charge in [0.25, 0.3) is 0 Å². The molecule has 8 heavy (non-hydrogen) atoms. The second kappa shape index (κ2) is 8.11. The normalized spacial score (nSPS) is 7.75. The lowest BCUT2D eigenvalue weighted by molar-refractivity contribution is -0.114. The van der Waals surface area contributed by atoms with Gasteiger partial charge in [-0.15, -0.1) is 0 Å². The van der Waals surface area contributed by atoms with Crippen molar-refractivity contribution in [2.24, 2.45) is 0 Å². The Hall–Kier alpha value is 1.11. The number of Topliss-reactive ketones (excluding diaryl/α,β-unsaturated/α-hetero) is 1. The summed E-state index contributed by atoms with van der Waals surface area (Å²) in [6, 6.07) is 0. The van der Waals surface area contributed by atoms with Gasteiger partial charge in [-0.1, -0.05) is 47.8 Å². The minimum atomic E-state index is 0.167. The summed E-state index contributed by atoms with van der Waals surface area (Å²) in [4.78, 5) is 9.44. The molecule has 0 bridgehead atoms. The molecule has 0 aliphatic heterocycles. The molecule has 1 nitrogen and oxygen atoms in total. The van der Waals surface area contributed by atoms with Gasteiger partial charge in [0.15, 0.2) is 0 Å². The van der Waals surface area contributed by atoms with Crippen molar-refractivity contribution in [2.45, 2.75) is 16.5 Å². The highest BCUT2D eigenvalue weighted by Crippen LogP contribution is 2.13. The fourth-order valence-corrected chi connectivity index (χ4v) is 0. The Morgan fingerprint density at radius 1 is 1.25 bits per heavy atom. The molecule has 0 fully saturated rings. The molecule has 50 valence electrons. The molecule has 0 aromatic rings. The largest absolute Gasteiger partial charge is 0.300 e. The van der Waals surface area contributed by atoms with Crippen LogP contribution in [0.2, 0.25) is 0 Å². The Kier molecular flexibility index (Phi) is 12.0. The summed E-state index contributed by atoms with van der Waals surface area (Å²) in [5, 5.41) is 0. The van der Waals surface area contributed by atoms with Gasteiger partial charge in [-0.3, -0.25) is 0 Å². The van der Waals surface area contributed by atoms with Gasteiger partial charge < -0.3 is 4.79 Å². The molecule has 0 spiro atoms. The van der Waals surface area contributed by atoms with Crippen LogP contribution in [0.1, 0.15) is 13.8 Å². The lowest BCUT2D eigenvalue weighted by Gasteiger charge is -1.70. The number of carbonyl (C=O) groups excluding carboxylic acids is 1. The van der Waals surface area contributed by atoms with E-state index in [2.05, 4.69) is 47.8 Å². The molecule has 0 saturated heterocycles. The zero-order valence-corrected chi connectivity index (χ0v) is 9.38. The van der Waals surface area contributed by atoms with Crippen molar-refractivity contribution >= 4 is 53.6 Å². The van der Waals surface area contributed by atoms with Crippen LogP contribution in [0, 0.1) is 0 Å². The van der Waals surface area contributed by atoms with Crippen LogP contribution in [0.5, 0.6) is 0 Å². The monoisotopic (exact) mass is 308 g/mol. The van der Waals surface area contributed by atoms with Crippen LogP contribution in [-0.2, 0) is 4.79 Å². The molecule has 0 N–H and O–H groups in total. The van der Waals surface area contributed by atoms with E-state index in [1.54, 1.807) is 0 Å². The molecule has 0 atom stereocenters. The van der Waals surface area contributed by atoms with Gasteiger partial charge >= 0.3 is 0 Å². The minimum absolute atomic E-state index is 0.167. The molecule has 0 saturated carbocycles. The average Bonchev–Trinajstić information content (AvgIpc) is 1.25. The molecular formula is C4H7Br3O. The second-order valence-electron chi connectivity index (χ2n) is 1.16. The van der Waals surface area contributed by atoms with E-state index < -0.39 is 0 Å². The highest BCUT2D eigenvalue weighted by molar-refractivity contribution is 9.38. The fourth-order valence-electron chi connectivity index (χ4n) is 0. The fraction of sp³-hybridized carbons (Fsp3) is 0.750. The molecule has 0 aliphatic rings. The van der Waals surface area contributed by atoms with Crippen LogP contribution in [0.25, 0.3) is 0 Å². The standard InChI is InChI=1S/C3H6O.CHBr3/c1-3(2)4;2-1(3)4/h1-2H3;1H. The van der Waals surface area contributed by atoms with Crippen LogP contribution < -0.4 is 0 Å². The van der Waals surface area contributed by atoms with Gasteiger partial charge in [-0.2, -0.15) is 0 Å². The Labute approximate surface area is 74.6 Å². The predicted octanol–water partition coefficient (Wildman–Crippen LogP) is 3.05. The summed E-state index contributed by atoms with van der Waals surface area (Å²) >= 11 is 9.31. The molecule has 0 aromatic carbocycles. The number of carbonyl (C=O) groups is 1. The average molecular weight is 311 g/mol. The number of hydrogen-bond donors (Lipinski definition) is 0. The molecule has 0 unspecified atom stereocenters. The Morgan fingerprint density at radius 2 is 1.25 bits per heavy atom. The smallest absolute Gasteiger partial charge is 0.126 e. The summed E-state index contributed by atoms with van der Waals surface area (Å²) in [6.07, 6.45) is 0. The number of ketones is 1. The summed E-state index contributed by atoms with van der Waals surface area (Å²) in [7, 11) is 0. The van der Waals surface area contributed by atoms with E-state index in [1.807, 2.05) is 0 Å². The van der Waals surface area contributed by atoms with E-state index in [9.17, 15) is 4.79 Å². The van der Waals surface area contributed by atoms with Crippen LogP contribution >= 0.6 is 47.8 Å². The number of alkyl halides is 3. The van der Waals surface area contributed by atoms with Gasteiger partial charge in [-0.05, 0) is 13.8 Å². The topological polar surface area (TPSA) is 17.1 Å². The molecule has 4 heteroatoms. The zero-order chi connectivity index (χ0) is 7.15. The summed E-state index contributed by atoms with van der Waals surface area (Å²) < 4.78 is 0.271. The maximum Gasteiger partial charge on any atom is 0.126 e. The first-order valence-corrected chi connectivity index (χ1v) is 4.61. The summed E-state index contributed by atoms with van der Waals surface area (Å²) in [6.45, 7) is 3.06.